The molecule has 0 radical (unpaired) electrons. The van der Waals surface area contributed by atoms with Gasteiger partial charge in [0.2, 0.25) is 0 Å². The maximum Gasteiger partial charge on any atom is 0.416 e. The molecule has 2 rings (SSSR count). The van der Waals surface area contributed by atoms with Gasteiger partial charge in [0.1, 0.15) is 0 Å². The van der Waals surface area contributed by atoms with Crippen molar-refractivity contribution < 1.29 is 13.2 Å². The Morgan fingerprint density at radius 1 is 1.30 bits per heavy atom. The Kier molecular flexibility index (Phi) is 5.05. The number of hydrogen-bond donors (Lipinski definition) is 1. The van der Waals surface area contributed by atoms with E-state index < -0.39 is 11.7 Å². The minimum absolute atomic E-state index is 0.0501. The van der Waals surface area contributed by atoms with Gasteiger partial charge in [0.05, 0.1) is 5.56 Å². The molecule has 1 heterocycles. The van der Waals surface area contributed by atoms with E-state index in [4.69, 9.17) is 0 Å². The second-order valence-electron chi connectivity index (χ2n) is 5.28. The maximum absolute atomic E-state index is 13.1. The predicted molar refractivity (Wildman–Crippen MR) is 73.3 cm³/mol. The number of nitrogens with one attached hydrogen (secondary N) is 1. The van der Waals surface area contributed by atoms with Crippen LogP contribution in [0.15, 0.2) is 24.3 Å². The first-order valence-corrected chi connectivity index (χ1v) is 7.17. The summed E-state index contributed by atoms with van der Waals surface area (Å²) >= 11 is 0. The number of hydrogen-bond acceptors (Lipinski definition) is 2. The molecule has 1 aliphatic heterocycles. The van der Waals surface area contributed by atoms with Crippen LogP contribution in [0, 0.1) is 0 Å². The van der Waals surface area contributed by atoms with E-state index in [-0.39, 0.29) is 5.92 Å². The third-order valence-electron chi connectivity index (χ3n) is 3.71. The molecule has 112 valence electrons. The van der Waals surface area contributed by atoms with Gasteiger partial charge in [-0.05, 0) is 36.8 Å². The lowest BCUT2D eigenvalue weighted by molar-refractivity contribution is -0.138. The fourth-order valence-corrected chi connectivity index (χ4v) is 2.76. The fraction of sp³-hybridized carbons (Fsp3) is 0.600. The van der Waals surface area contributed by atoms with Gasteiger partial charge in [0.15, 0.2) is 0 Å². The first-order chi connectivity index (χ1) is 9.52. The monoisotopic (exact) mass is 286 g/mol. The van der Waals surface area contributed by atoms with Gasteiger partial charge in [0.25, 0.3) is 0 Å². The summed E-state index contributed by atoms with van der Waals surface area (Å²) in [6, 6.07) is 5.97. The largest absolute Gasteiger partial charge is 0.416 e. The van der Waals surface area contributed by atoms with Crippen molar-refractivity contribution in [2.45, 2.75) is 38.3 Å². The SMILES string of the molecule is CCCNN1CCCC(c2ccccc2C(F)(F)F)C1. The van der Waals surface area contributed by atoms with Crippen molar-refractivity contribution in [2.24, 2.45) is 0 Å². The van der Waals surface area contributed by atoms with Crippen molar-refractivity contribution in [2.75, 3.05) is 19.6 Å². The normalized spacial score (nSPS) is 21.1. The summed E-state index contributed by atoms with van der Waals surface area (Å²) in [7, 11) is 0. The van der Waals surface area contributed by atoms with Crippen molar-refractivity contribution >= 4 is 0 Å². The molecule has 1 fully saturated rings. The van der Waals surface area contributed by atoms with Gasteiger partial charge < -0.3 is 0 Å². The van der Waals surface area contributed by atoms with Gasteiger partial charge in [-0.1, -0.05) is 25.1 Å². The third kappa shape index (κ3) is 3.73. The molecule has 0 bridgehead atoms. The highest BCUT2D eigenvalue weighted by Gasteiger charge is 2.35. The van der Waals surface area contributed by atoms with Crippen LogP contribution < -0.4 is 5.43 Å². The zero-order valence-electron chi connectivity index (χ0n) is 11.7. The van der Waals surface area contributed by atoms with E-state index in [0.717, 1.165) is 32.4 Å². The molecule has 1 aromatic carbocycles. The number of rotatable bonds is 4. The summed E-state index contributed by atoms with van der Waals surface area (Å²) in [5, 5.41) is 2.06. The van der Waals surface area contributed by atoms with E-state index in [0.29, 0.717) is 12.1 Å². The Hall–Kier alpha value is -1.07. The summed E-state index contributed by atoms with van der Waals surface area (Å²) in [5.74, 6) is -0.0501. The second kappa shape index (κ2) is 6.59. The van der Waals surface area contributed by atoms with Gasteiger partial charge in [-0.15, -0.1) is 0 Å². The van der Waals surface area contributed by atoms with E-state index >= 15 is 0 Å². The molecule has 1 unspecified atom stereocenters. The molecule has 5 heteroatoms. The average Bonchev–Trinajstić information content (AvgIpc) is 2.44. The van der Waals surface area contributed by atoms with Crippen molar-refractivity contribution in [3.05, 3.63) is 35.4 Å². The molecule has 0 spiro atoms. The number of hydrazine groups is 1. The zero-order valence-corrected chi connectivity index (χ0v) is 11.7. The molecule has 1 N–H and O–H groups in total. The van der Waals surface area contributed by atoms with Gasteiger partial charge in [-0.2, -0.15) is 13.2 Å². The third-order valence-corrected chi connectivity index (χ3v) is 3.71. The molecular weight excluding hydrogens is 265 g/mol. The minimum atomic E-state index is -4.27. The van der Waals surface area contributed by atoms with Crippen LogP contribution in [0.1, 0.15) is 43.2 Å². The van der Waals surface area contributed by atoms with Crippen LogP contribution in [0.5, 0.6) is 0 Å². The summed E-state index contributed by atoms with van der Waals surface area (Å²) < 4.78 is 39.2. The summed E-state index contributed by atoms with van der Waals surface area (Å²) in [6.45, 7) is 4.50. The lowest BCUT2D eigenvalue weighted by atomic mass is 9.88. The Bertz CT molecular complexity index is 431. The Labute approximate surface area is 117 Å². The number of halogens is 3. The van der Waals surface area contributed by atoms with Crippen LogP contribution in [0.3, 0.4) is 0 Å². The van der Waals surface area contributed by atoms with E-state index in [1.165, 1.54) is 12.1 Å². The van der Waals surface area contributed by atoms with Gasteiger partial charge in [-0.3, -0.25) is 5.43 Å². The lowest BCUT2D eigenvalue weighted by Gasteiger charge is -2.34. The van der Waals surface area contributed by atoms with E-state index in [1.807, 2.05) is 0 Å². The molecule has 0 aliphatic carbocycles. The molecule has 0 aromatic heterocycles. The highest BCUT2D eigenvalue weighted by atomic mass is 19.4. The molecule has 1 atom stereocenters. The summed E-state index contributed by atoms with van der Waals surface area (Å²) in [5.41, 5.74) is 3.23. The quantitative estimate of drug-likeness (QED) is 0.905. The first kappa shape index (κ1) is 15.3. The standard InChI is InChI=1S/C15H21F3N2/c1-2-9-19-20-10-5-6-12(11-20)13-7-3-4-8-14(13)15(16,17)18/h3-4,7-8,12,19H,2,5-6,9-11H2,1H3. The van der Waals surface area contributed by atoms with Crippen molar-refractivity contribution in [3.63, 3.8) is 0 Å². The molecule has 1 aliphatic rings. The Morgan fingerprint density at radius 2 is 2.05 bits per heavy atom. The highest BCUT2D eigenvalue weighted by molar-refractivity contribution is 5.33. The number of piperidine rings is 1. The van der Waals surface area contributed by atoms with Gasteiger partial charge >= 0.3 is 6.18 Å². The Balaban J connectivity index is 2.15. The lowest BCUT2D eigenvalue weighted by Crippen LogP contribution is -2.44. The molecule has 1 saturated heterocycles. The molecule has 0 amide bonds. The predicted octanol–water partition coefficient (Wildman–Crippen LogP) is 3.80. The molecule has 1 aromatic rings. The van der Waals surface area contributed by atoms with E-state index in [9.17, 15) is 13.2 Å². The number of alkyl halides is 3. The smallest absolute Gasteiger partial charge is 0.255 e. The molecule has 2 nitrogen and oxygen atoms in total. The van der Waals surface area contributed by atoms with Crippen LogP contribution in [0.25, 0.3) is 0 Å². The second-order valence-corrected chi connectivity index (χ2v) is 5.28. The summed E-state index contributed by atoms with van der Waals surface area (Å²) in [4.78, 5) is 0. The number of benzene rings is 1. The Morgan fingerprint density at radius 3 is 2.75 bits per heavy atom. The zero-order chi connectivity index (χ0) is 14.6. The van der Waals surface area contributed by atoms with E-state index in [2.05, 4.69) is 17.4 Å². The number of nitrogens with zero attached hydrogens (tertiary/aromatic N) is 1. The van der Waals surface area contributed by atoms with Crippen LogP contribution >= 0.6 is 0 Å². The molecule has 0 saturated carbocycles. The first-order valence-electron chi connectivity index (χ1n) is 7.17. The fourth-order valence-electron chi connectivity index (χ4n) is 2.76. The van der Waals surface area contributed by atoms with Crippen molar-refractivity contribution in [3.8, 4) is 0 Å². The topological polar surface area (TPSA) is 15.3 Å². The van der Waals surface area contributed by atoms with Crippen molar-refractivity contribution in [1.82, 2.24) is 10.4 Å². The van der Waals surface area contributed by atoms with Crippen LogP contribution in [0.2, 0.25) is 0 Å². The van der Waals surface area contributed by atoms with Crippen LogP contribution in [0.4, 0.5) is 13.2 Å². The summed E-state index contributed by atoms with van der Waals surface area (Å²) in [6.07, 6.45) is -1.51. The molecular formula is C15H21F3N2. The maximum atomic E-state index is 13.1. The van der Waals surface area contributed by atoms with E-state index in [1.54, 1.807) is 12.1 Å². The van der Waals surface area contributed by atoms with Crippen molar-refractivity contribution in [1.29, 1.82) is 0 Å². The minimum Gasteiger partial charge on any atom is -0.255 e. The highest BCUT2D eigenvalue weighted by Crippen LogP contribution is 2.37. The average molecular weight is 286 g/mol. The van der Waals surface area contributed by atoms with Gasteiger partial charge in [0, 0.05) is 19.6 Å². The van der Waals surface area contributed by atoms with Crippen LogP contribution in [-0.4, -0.2) is 24.6 Å². The van der Waals surface area contributed by atoms with Crippen LogP contribution in [-0.2, 0) is 6.18 Å². The van der Waals surface area contributed by atoms with Gasteiger partial charge in [-0.25, -0.2) is 5.01 Å². The molecule has 20 heavy (non-hydrogen) atoms.